The number of nitrogens with two attached hydrogens (primary N) is 1. The molecular formula is C37H70N4O9. The van der Waals surface area contributed by atoms with Crippen LogP contribution in [0.15, 0.2) is 0 Å². The van der Waals surface area contributed by atoms with Crippen LogP contribution in [-0.4, -0.2) is 149 Å². The lowest BCUT2D eigenvalue weighted by Crippen LogP contribution is -2.61. The van der Waals surface area contributed by atoms with E-state index in [1.807, 2.05) is 39.8 Å². The highest BCUT2D eigenvalue weighted by atomic mass is 16.7. The molecule has 0 aliphatic carbocycles. The third kappa shape index (κ3) is 9.64. The molecule has 6 N–H and O–H groups in total. The van der Waals surface area contributed by atoms with Crippen LogP contribution in [0.3, 0.4) is 0 Å². The minimum absolute atomic E-state index is 0.0679. The van der Waals surface area contributed by atoms with Crippen LogP contribution < -0.4 is 11.1 Å². The fourth-order valence-corrected chi connectivity index (χ4v) is 8.12. The van der Waals surface area contributed by atoms with Crippen molar-refractivity contribution >= 4 is 11.8 Å². The van der Waals surface area contributed by atoms with Crippen LogP contribution in [0.4, 0.5) is 0 Å². The molecule has 0 aromatic rings. The predicted octanol–water partition coefficient (Wildman–Crippen LogP) is 1.68. The lowest BCUT2D eigenvalue weighted by atomic mass is 9.79. The maximum atomic E-state index is 14.3. The molecule has 0 aromatic carbocycles. The number of aliphatic hydroxyl groups is 3. The number of nitrogens with zero attached hydrogens (tertiary/aromatic N) is 2. The number of aliphatic hydroxyl groups excluding tert-OH is 2. The minimum atomic E-state index is -1.79. The SMILES string of the molecule is CC[C@H]1OC(=O)[C@H](C)C(=O)[C@H](C)[C@@H](O[C@@H]2O[C@H](C)C[C@H](N(C)C(C)(C)C)[C@H]2O)[C@@]2(C)C[C@H](CN(C)[C@H](C)[C@@H](O)[C@]1(C)O)C(CNCCCN)O2. The number of ether oxygens (including phenoxy) is 4. The van der Waals surface area contributed by atoms with Gasteiger partial charge in [-0.3, -0.25) is 14.5 Å². The molecule has 3 aliphatic heterocycles. The van der Waals surface area contributed by atoms with Gasteiger partial charge in [0.25, 0.3) is 0 Å². The van der Waals surface area contributed by atoms with E-state index in [4.69, 9.17) is 24.7 Å². The lowest BCUT2D eigenvalue weighted by molar-refractivity contribution is -0.297. The first-order valence-corrected chi connectivity index (χ1v) is 18.8. The van der Waals surface area contributed by atoms with E-state index in [-0.39, 0.29) is 36.1 Å². The Morgan fingerprint density at radius 1 is 1.14 bits per heavy atom. The molecule has 3 rings (SSSR count). The van der Waals surface area contributed by atoms with E-state index >= 15 is 0 Å². The van der Waals surface area contributed by atoms with Crippen LogP contribution in [0.1, 0.15) is 94.9 Å². The second kappa shape index (κ2) is 17.3. The standard InChI is InChI=1S/C37H70N4O9/c1-13-28-37(10,46)31(44)24(5)40(11)20-25-18-36(9,50-27(25)19-39-16-14-15-38)32(22(3)29(42)23(4)33(45)48-28)49-34-30(43)26(17-21(2)47-34)41(12)35(6,7)8/h21-28,30-32,34,39,43-44,46H,13-20,38H2,1-12H3/t21-,22+,23-,24-,25-,26+,27?,28-,30-,31-,32-,34+,36-,37-/m1/s1. The average Bonchev–Trinajstić information content (AvgIpc) is 3.37. The Hall–Kier alpha value is -1.26. The van der Waals surface area contributed by atoms with E-state index in [1.165, 1.54) is 13.8 Å². The number of esters is 1. The highest BCUT2D eigenvalue weighted by molar-refractivity contribution is 6.00. The molecule has 3 saturated heterocycles. The molecule has 2 bridgehead atoms. The zero-order chi connectivity index (χ0) is 37.9. The maximum absolute atomic E-state index is 14.3. The van der Waals surface area contributed by atoms with Gasteiger partial charge in [-0.15, -0.1) is 0 Å². The largest absolute Gasteiger partial charge is 0.459 e. The molecule has 0 amide bonds. The summed E-state index contributed by atoms with van der Waals surface area (Å²) in [6.45, 7) is 20.8. The molecule has 0 radical (unpaired) electrons. The van der Waals surface area contributed by atoms with Crippen molar-refractivity contribution in [1.82, 2.24) is 15.1 Å². The summed E-state index contributed by atoms with van der Waals surface area (Å²) in [6, 6.07) is -0.787. The van der Waals surface area contributed by atoms with Crippen molar-refractivity contribution in [2.75, 3.05) is 40.3 Å². The molecule has 14 atom stereocenters. The van der Waals surface area contributed by atoms with Gasteiger partial charge in [-0.05, 0) is 108 Å². The van der Waals surface area contributed by atoms with E-state index < -0.39 is 71.5 Å². The van der Waals surface area contributed by atoms with E-state index in [0.717, 1.165) is 6.42 Å². The van der Waals surface area contributed by atoms with Gasteiger partial charge in [0.2, 0.25) is 0 Å². The van der Waals surface area contributed by atoms with Crippen molar-refractivity contribution in [1.29, 1.82) is 0 Å². The molecule has 3 aliphatic rings. The first kappa shape index (κ1) is 43.1. The van der Waals surface area contributed by atoms with Gasteiger partial charge in [0.15, 0.2) is 12.1 Å². The van der Waals surface area contributed by atoms with E-state index in [0.29, 0.717) is 39.0 Å². The Kier molecular flexibility index (Phi) is 14.9. The van der Waals surface area contributed by atoms with E-state index in [1.54, 1.807) is 13.8 Å². The lowest BCUT2D eigenvalue weighted by Gasteiger charge is -2.48. The van der Waals surface area contributed by atoms with Crippen molar-refractivity contribution in [3.8, 4) is 0 Å². The Bertz CT molecular complexity index is 1120. The zero-order valence-electron chi connectivity index (χ0n) is 32.8. The Labute approximate surface area is 300 Å². The van der Waals surface area contributed by atoms with Gasteiger partial charge in [0.05, 0.1) is 23.9 Å². The third-order valence-electron chi connectivity index (χ3n) is 11.8. The summed E-state index contributed by atoms with van der Waals surface area (Å²) in [5.41, 5.74) is 2.70. The summed E-state index contributed by atoms with van der Waals surface area (Å²) < 4.78 is 25.8. The van der Waals surface area contributed by atoms with Crippen molar-refractivity contribution in [2.24, 2.45) is 23.5 Å². The van der Waals surface area contributed by atoms with Gasteiger partial charge in [0, 0.05) is 42.5 Å². The number of carbonyl (C=O) groups excluding carboxylic acids is 2. The molecule has 3 heterocycles. The van der Waals surface area contributed by atoms with Crippen LogP contribution in [0, 0.1) is 17.8 Å². The van der Waals surface area contributed by atoms with Crippen LogP contribution in [0.5, 0.6) is 0 Å². The number of hydrogen-bond donors (Lipinski definition) is 5. The molecule has 1 unspecified atom stereocenters. The second-order valence-electron chi connectivity index (χ2n) is 16.8. The summed E-state index contributed by atoms with van der Waals surface area (Å²) in [4.78, 5) is 32.0. The summed E-state index contributed by atoms with van der Waals surface area (Å²) in [5, 5.41) is 38.3. The average molecular weight is 715 g/mol. The Balaban J connectivity index is 2.10. The summed E-state index contributed by atoms with van der Waals surface area (Å²) >= 11 is 0. The number of carbonyl (C=O) groups is 2. The first-order chi connectivity index (χ1) is 23.1. The van der Waals surface area contributed by atoms with Crippen molar-refractivity contribution < 1.29 is 43.9 Å². The zero-order valence-corrected chi connectivity index (χ0v) is 32.8. The molecule has 13 heteroatoms. The number of fused-ring (bicyclic) bond motifs is 2. The third-order valence-corrected chi connectivity index (χ3v) is 11.8. The molecule has 50 heavy (non-hydrogen) atoms. The number of cyclic esters (lactones) is 1. The highest BCUT2D eigenvalue weighted by Gasteiger charge is 2.55. The molecule has 3 fully saturated rings. The number of Topliss-reactive ketones (excluding diaryl/α,β-unsaturated/α-hetero) is 1. The van der Waals surface area contributed by atoms with Crippen LogP contribution >= 0.6 is 0 Å². The Morgan fingerprint density at radius 2 is 1.78 bits per heavy atom. The molecular weight excluding hydrogens is 644 g/mol. The van der Waals surface area contributed by atoms with Crippen molar-refractivity contribution in [3.63, 3.8) is 0 Å². The number of likely N-dealkylation sites (N-methyl/N-ethyl adjacent to an activating group) is 2. The molecule has 0 spiro atoms. The molecule has 0 aromatic heterocycles. The molecule has 292 valence electrons. The predicted molar refractivity (Wildman–Crippen MR) is 191 cm³/mol. The van der Waals surface area contributed by atoms with Gasteiger partial charge in [-0.1, -0.05) is 13.8 Å². The summed E-state index contributed by atoms with van der Waals surface area (Å²) in [6.07, 6.45) is -3.71. The highest BCUT2D eigenvalue weighted by Crippen LogP contribution is 2.44. The van der Waals surface area contributed by atoms with Gasteiger partial charge >= 0.3 is 5.97 Å². The first-order valence-electron chi connectivity index (χ1n) is 18.8. The molecule has 0 saturated carbocycles. The number of nitrogens with one attached hydrogen (secondary N) is 1. The fourth-order valence-electron chi connectivity index (χ4n) is 8.12. The summed E-state index contributed by atoms with van der Waals surface area (Å²) in [7, 11) is 3.88. The monoisotopic (exact) mass is 715 g/mol. The van der Waals surface area contributed by atoms with Crippen molar-refractivity contribution in [3.05, 3.63) is 0 Å². The maximum Gasteiger partial charge on any atom is 0.316 e. The number of rotatable bonds is 9. The number of ketones is 1. The smallest absolute Gasteiger partial charge is 0.316 e. The van der Waals surface area contributed by atoms with Gasteiger partial charge in [0.1, 0.15) is 29.8 Å². The van der Waals surface area contributed by atoms with E-state index in [9.17, 15) is 24.9 Å². The number of hydrogen-bond acceptors (Lipinski definition) is 13. The van der Waals surface area contributed by atoms with E-state index in [2.05, 4.69) is 31.0 Å². The van der Waals surface area contributed by atoms with Crippen LogP contribution in [0.25, 0.3) is 0 Å². The minimum Gasteiger partial charge on any atom is -0.459 e. The van der Waals surface area contributed by atoms with Crippen LogP contribution in [0.2, 0.25) is 0 Å². The quantitative estimate of drug-likeness (QED) is 0.133. The van der Waals surface area contributed by atoms with Crippen LogP contribution in [-0.2, 0) is 28.5 Å². The molecule has 13 nitrogen and oxygen atoms in total. The second-order valence-corrected chi connectivity index (χ2v) is 16.8. The van der Waals surface area contributed by atoms with Gasteiger partial charge < -0.3 is 50.2 Å². The fraction of sp³-hybridized carbons (Fsp3) is 0.946. The topological polar surface area (TPSA) is 176 Å². The van der Waals surface area contributed by atoms with Gasteiger partial charge in [-0.2, -0.15) is 0 Å². The Morgan fingerprint density at radius 3 is 2.36 bits per heavy atom. The van der Waals surface area contributed by atoms with Gasteiger partial charge in [-0.25, -0.2) is 0 Å². The summed E-state index contributed by atoms with van der Waals surface area (Å²) in [5.74, 6) is -3.34. The normalized spacial score (nSPS) is 43.1. The van der Waals surface area contributed by atoms with Crippen molar-refractivity contribution in [2.45, 2.75) is 167 Å².